The summed E-state index contributed by atoms with van der Waals surface area (Å²) < 4.78 is 0. The third kappa shape index (κ3) is 8.14. The van der Waals surface area contributed by atoms with Crippen molar-refractivity contribution in [2.24, 2.45) is 11.5 Å². The fraction of sp³-hybridized carbons (Fsp3) is 1.00. The fourth-order valence-corrected chi connectivity index (χ4v) is 2.46. The summed E-state index contributed by atoms with van der Waals surface area (Å²) in [6.45, 7) is 1.74. The van der Waals surface area contributed by atoms with Gasteiger partial charge < -0.3 is 11.5 Å². The maximum absolute atomic E-state index is 5.34. The standard InChI is InChI=1S/C6H18N2Si/c7-3-1-5-9-6-2-4-8/h1-9H2. The van der Waals surface area contributed by atoms with Crippen LogP contribution in [0.15, 0.2) is 0 Å². The van der Waals surface area contributed by atoms with E-state index in [4.69, 9.17) is 11.5 Å². The molecule has 0 saturated carbocycles. The zero-order valence-corrected chi connectivity index (χ0v) is 7.52. The molecule has 0 unspecified atom stereocenters. The van der Waals surface area contributed by atoms with Gasteiger partial charge in [-0.2, -0.15) is 0 Å². The van der Waals surface area contributed by atoms with Gasteiger partial charge in [0, 0.05) is 9.52 Å². The summed E-state index contributed by atoms with van der Waals surface area (Å²) in [6.07, 6.45) is 2.47. The molecule has 0 atom stereocenters. The summed E-state index contributed by atoms with van der Waals surface area (Å²) in [4.78, 5) is 0. The lowest BCUT2D eigenvalue weighted by Crippen LogP contribution is -2.03. The molecule has 4 N–H and O–H groups in total. The lowest BCUT2D eigenvalue weighted by Gasteiger charge is -1.95. The maximum atomic E-state index is 5.34. The molecule has 0 bridgehead atoms. The molecule has 0 fully saturated rings. The van der Waals surface area contributed by atoms with Crippen LogP contribution >= 0.6 is 0 Å². The topological polar surface area (TPSA) is 52.0 Å². The fourth-order valence-electron chi connectivity index (χ4n) is 0.819. The zero-order chi connectivity index (χ0) is 6.95. The number of rotatable bonds is 6. The summed E-state index contributed by atoms with van der Waals surface area (Å²) >= 11 is 0. The van der Waals surface area contributed by atoms with Crippen LogP contribution in [0.25, 0.3) is 0 Å². The number of hydrogen-bond acceptors (Lipinski definition) is 2. The molecular weight excluding hydrogens is 128 g/mol. The third-order valence-corrected chi connectivity index (χ3v) is 3.41. The van der Waals surface area contributed by atoms with Crippen molar-refractivity contribution >= 4 is 9.52 Å². The lowest BCUT2D eigenvalue weighted by atomic mass is 10.5. The molecule has 0 amide bonds. The Hall–Kier alpha value is 0.137. The van der Waals surface area contributed by atoms with Gasteiger partial charge in [0.25, 0.3) is 0 Å². The van der Waals surface area contributed by atoms with E-state index in [1.165, 1.54) is 24.9 Å². The van der Waals surface area contributed by atoms with Gasteiger partial charge in [-0.25, -0.2) is 0 Å². The van der Waals surface area contributed by atoms with E-state index >= 15 is 0 Å². The van der Waals surface area contributed by atoms with Crippen LogP contribution in [0.2, 0.25) is 12.1 Å². The first-order valence-electron chi connectivity index (χ1n) is 3.82. The van der Waals surface area contributed by atoms with E-state index in [1.807, 2.05) is 0 Å². The average Bonchev–Trinajstić information content (AvgIpc) is 1.89. The number of nitrogens with two attached hydrogens (primary N) is 2. The van der Waals surface area contributed by atoms with Crippen molar-refractivity contribution < 1.29 is 0 Å². The van der Waals surface area contributed by atoms with Gasteiger partial charge in [-0.15, -0.1) is 0 Å². The molecule has 2 nitrogen and oxygen atoms in total. The third-order valence-electron chi connectivity index (χ3n) is 1.41. The molecule has 0 heterocycles. The number of hydrogen-bond donors (Lipinski definition) is 2. The summed E-state index contributed by atoms with van der Waals surface area (Å²) in [6, 6.07) is 2.83. The van der Waals surface area contributed by atoms with E-state index in [1.54, 1.807) is 0 Å². The zero-order valence-electron chi connectivity index (χ0n) is 6.10. The normalized spacial score (nSPS) is 10.0. The molecule has 0 rings (SSSR count). The van der Waals surface area contributed by atoms with E-state index in [0.717, 1.165) is 13.1 Å². The molecular formula is C6H18N2Si. The van der Waals surface area contributed by atoms with Crippen molar-refractivity contribution in [1.82, 2.24) is 0 Å². The second kappa shape index (κ2) is 8.14. The quantitative estimate of drug-likeness (QED) is 0.399. The lowest BCUT2D eigenvalue weighted by molar-refractivity contribution is 0.895. The highest BCUT2D eigenvalue weighted by Crippen LogP contribution is 1.92. The molecule has 0 aromatic rings. The van der Waals surface area contributed by atoms with Crippen LogP contribution in [0, 0.1) is 0 Å². The minimum absolute atomic E-state index is 0.229. The first-order valence-corrected chi connectivity index (χ1v) is 5.82. The van der Waals surface area contributed by atoms with Crippen molar-refractivity contribution in [2.75, 3.05) is 13.1 Å². The van der Waals surface area contributed by atoms with E-state index in [2.05, 4.69) is 0 Å². The van der Waals surface area contributed by atoms with Crippen LogP contribution in [0.5, 0.6) is 0 Å². The molecule has 0 aliphatic rings. The van der Waals surface area contributed by atoms with Gasteiger partial charge in [0.15, 0.2) is 0 Å². The molecule has 0 spiro atoms. The van der Waals surface area contributed by atoms with Gasteiger partial charge in [-0.1, -0.05) is 12.1 Å². The smallest absolute Gasteiger partial charge is 0.0198 e. The maximum Gasteiger partial charge on any atom is 0.0198 e. The van der Waals surface area contributed by atoms with Crippen molar-refractivity contribution in [1.29, 1.82) is 0 Å². The molecule has 0 radical (unpaired) electrons. The van der Waals surface area contributed by atoms with E-state index < -0.39 is 0 Å². The molecule has 0 aromatic heterocycles. The summed E-state index contributed by atoms with van der Waals surface area (Å²) in [5.41, 5.74) is 10.7. The van der Waals surface area contributed by atoms with Crippen LogP contribution in [0.3, 0.4) is 0 Å². The first-order chi connectivity index (χ1) is 4.41. The Morgan fingerprint density at radius 2 is 1.33 bits per heavy atom. The highest BCUT2D eigenvalue weighted by molar-refractivity contribution is 6.35. The van der Waals surface area contributed by atoms with Crippen molar-refractivity contribution in [3.8, 4) is 0 Å². The van der Waals surface area contributed by atoms with Crippen LogP contribution in [0.4, 0.5) is 0 Å². The van der Waals surface area contributed by atoms with Gasteiger partial charge in [0.1, 0.15) is 0 Å². The van der Waals surface area contributed by atoms with Crippen LogP contribution in [-0.4, -0.2) is 22.6 Å². The molecule has 0 saturated heterocycles. The van der Waals surface area contributed by atoms with E-state index in [9.17, 15) is 0 Å². The van der Waals surface area contributed by atoms with Crippen LogP contribution in [-0.2, 0) is 0 Å². The predicted octanol–water partition coefficient (Wildman–Crippen LogP) is -0.311. The van der Waals surface area contributed by atoms with E-state index in [0.29, 0.717) is 0 Å². The molecule has 0 aliphatic heterocycles. The Kier molecular flexibility index (Phi) is 8.26. The highest BCUT2D eigenvalue weighted by Gasteiger charge is 1.87. The molecule has 0 aromatic carbocycles. The summed E-state index contributed by atoms with van der Waals surface area (Å²) in [5, 5.41) is 0. The Bertz CT molecular complexity index is 44.3. The Labute approximate surface area is 59.8 Å². The van der Waals surface area contributed by atoms with Gasteiger partial charge >= 0.3 is 0 Å². The second-order valence-corrected chi connectivity index (χ2v) is 4.47. The molecule has 3 heteroatoms. The average molecular weight is 146 g/mol. The second-order valence-electron chi connectivity index (χ2n) is 2.35. The highest BCUT2D eigenvalue weighted by atomic mass is 28.2. The molecule has 56 valence electrons. The summed E-state index contributed by atoms with van der Waals surface area (Å²) in [5.74, 6) is 0. The van der Waals surface area contributed by atoms with Crippen molar-refractivity contribution in [3.05, 3.63) is 0 Å². The minimum atomic E-state index is 0.229. The van der Waals surface area contributed by atoms with Crippen LogP contribution < -0.4 is 11.5 Å². The van der Waals surface area contributed by atoms with Crippen molar-refractivity contribution in [2.45, 2.75) is 24.9 Å². The Balaban J connectivity index is 2.60. The van der Waals surface area contributed by atoms with Gasteiger partial charge in [-0.3, -0.25) is 0 Å². The van der Waals surface area contributed by atoms with Crippen LogP contribution in [0.1, 0.15) is 12.8 Å². The van der Waals surface area contributed by atoms with Crippen molar-refractivity contribution in [3.63, 3.8) is 0 Å². The summed E-state index contributed by atoms with van der Waals surface area (Å²) in [7, 11) is 0.229. The molecule has 0 aliphatic carbocycles. The first kappa shape index (κ1) is 9.14. The van der Waals surface area contributed by atoms with Gasteiger partial charge in [0.05, 0.1) is 0 Å². The SMILES string of the molecule is NCCC[SiH2]CCCN. The van der Waals surface area contributed by atoms with E-state index in [-0.39, 0.29) is 9.52 Å². The predicted molar refractivity (Wildman–Crippen MR) is 45.5 cm³/mol. The Morgan fingerprint density at radius 3 is 1.67 bits per heavy atom. The Morgan fingerprint density at radius 1 is 0.889 bits per heavy atom. The minimum Gasteiger partial charge on any atom is -0.330 e. The monoisotopic (exact) mass is 146 g/mol. The van der Waals surface area contributed by atoms with Gasteiger partial charge in [-0.05, 0) is 25.9 Å². The van der Waals surface area contributed by atoms with Gasteiger partial charge in [0.2, 0.25) is 0 Å². The molecule has 9 heavy (non-hydrogen) atoms. The largest absolute Gasteiger partial charge is 0.330 e.